The van der Waals surface area contributed by atoms with Gasteiger partial charge in [-0.25, -0.2) is 9.97 Å². The number of para-hydroxylation sites is 1. The summed E-state index contributed by atoms with van der Waals surface area (Å²) in [5.74, 6) is 0.600. The monoisotopic (exact) mass is 515 g/mol. The highest BCUT2D eigenvalue weighted by Crippen LogP contribution is 2.41. The Balaban J connectivity index is 1.60. The molecule has 0 spiro atoms. The van der Waals surface area contributed by atoms with Gasteiger partial charge in [-0.2, -0.15) is 0 Å². The zero-order valence-electron chi connectivity index (χ0n) is 21.8. The normalized spacial score (nSPS) is 11.8. The quantitative estimate of drug-likeness (QED) is 0.209. The fourth-order valence-electron chi connectivity index (χ4n) is 5.49. The number of rotatable bonds is 6. The Bertz CT molecular complexity index is 2060. The maximum atomic E-state index is 4.81. The summed E-state index contributed by atoms with van der Waals surface area (Å²) in [7, 11) is 0. The number of aromatic nitrogens is 5. The molecule has 5 heteroatoms. The third-order valence-corrected chi connectivity index (χ3v) is 7.24. The van der Waals surface area contributed by atoms with E-state index in [0.29, 0.717) is 5.82 Å². The molecule has 0 radical (unpaired) electrons. The molecule has 0 N–H and O–H groups in total. The third-order valence-electron chi connectivity index (χ3n) is 7.24. The molecule has 0 aliphatic heterocycles. The largest absolute Gasteiger partial charge is 0.316 e. The summed E-state index contributed by atoms with van der Waals surface area (Å²) in [5, 5.41) is 2.22. The molecule has 5 nitrogen and oxygen atoms in total. The predicted octanol–water partition coefficient (Wildman–Crippen LogP) is 8.34. The van der Waals surface area contributed by atoms with Crippen LogP contribution < -0.4 is 0 Å². The van der Waals surface area contributed by atoms with Crippen molar-refractivity contribution < 1.29 is 0 Å². The number of hydrogen-bond acceptors (Lipinski definition) is 3. The number of allylic oxidation sites excluding steroid dienone is 4. The fraction of sp³-hybridized carbons (Fsp3) is 0. The van der Waals surface area contributed by atoms with E-state index >= 15 is 0 Å². The van der Waals surface area contributed by atoms with E-state index < -0.39 is 0 Å². The minimum Gasteiger partial charge on any atom is -0.316 e. The van der Waals surface area contributed by atoms with E-state index in [1.165, 1.54) is 0 Å². The fourth-order valence-corrected chi connectivity index (χ4v) is 5.49. The van der Waals surface area contributed by atoms with Gasteiger partial charge in [-0.15, -0.1) is 0 Å². The standard InChI is InChI=1S/C35H25N5/c1-3-12-24(4-2)35-37-21-27(22-38-35)40-31-17-11-20-36-33(31)28-18-19-30-32(34(28)40)29(25-13-7-5-8-14-25)23-39(30)26-15-9-6-10-16-26/h3-23H,1-2H2/b24-12+. The number of hydrogen-bond donors (Lipinski definition) is 0. The van der Waals surface area contributed by atoms with Gasteiger partial charge >= 0.3 is 0 Å². The van der Waals surface area contributed by atoms with Crippen LogP contribution in [0.4, 0.5) is 0 Å². The van der Waals surface area contributed by atoms with E-state index in [0.717, 1.165) is 60.9 Å². The summed E-state index contributed by atoms with van der Waals surface area (Å²) < 4.78 is 4.50. The minimum absolute atomic E-state index is 0.600. The van der Waals surface area contributed by atoms with Gasteiger partial charge < -0.3 is 9.13 Å². The molecule has 0 amide bonds. The maximum Gasteiger partial charge on any atom is 0.159 e. The maximum absolute atomic E-state index is 4.81. The topological polar surface area (TPSA) is 48.5 Å². The van der Waals surface area contributed by atoms with Crippen molar-refractivity contribution in [3.8, 4) is 22.5 Å². The first kappa shape index (κ1) is 23.6. The highest BCUT2D eigenvalue weighted by Gasteiger charge is 2.21. The molecule has 4 aromatic heterocycles. The molecule has 0 aliphatic rings. The Kier molecular flexibility index (Phi) is 5.68. The van der Waals surface area contributed by atoms with Crippen molar-refractivity contribution in [1.29, 1.82) is 0 Å². The van der Waals surface area contributed by atoms with Gasteiger partial charge in [0.25, 0.3) is 0 Å². The number of nitrogens with zero attached hydrogens (tertiary/aromatic N) is 5. The van der Waals surface area contributed by atoms with Crippen molar-refractivity contribution in [2.24, 2.45) is 0 Å². The van der Waals surface area contributed by atoms with Gasteiger partial charge in [-0.3, -0.25) is 4.98 Å². The van der Waals surface area contributed by atoms with Crippen LogP contribution in [0.1, 0.15) is 5.82 Å². The summed E-state index contributed by atoms with van der Waals surface area (Å²) >= 11 is 0. The van der Waals surface area contributed by atoms with Gasteiger partial charge in [0, 0.05) is 40.0 Å². The molecular weight excluding hydrogens is 490 g/mol. The summed E-state index contributed by atoms with van der Waals surface area (Å²) in [4.78, 5) is 14.2. The molecule has 190 valence electrons. The molecule has 40 heavy (non-hydrogen) atoms. The van der Waals surface area contributed by atoms with Crippen molar-refractivity contribution in [1.82, 2.24) is 24.1 Å². The Morgan fingerprint density at radius 2 is 1.48 bits per heavy atom. The molecular formula is C35H25N5. The third kappa shape index (κ3) is 3.68. The minimum atomic E-state index is 0.600. The SMILES string of the molecule is C=C/C=C(\C=C)c1ncc(-n2c3cccnc3c3ccc4c(c(-c5ccccc5)cn4-c4ccccc4)c32)cn1. The second-order valence-corrected chi connectivity index (χ2v) is 9.50. The van der Waals surface area contributed by atoms with Crippen LogP contribution in [0.25, 0.3) is 60.9 Å². The summed E-state index contributed by atoms with van der Waals surface area (Å²) in [6.45, 7) is 7.69. The number of fused-ring (bicyclic) bond motifs is 5. The highest BCUT2D eigenvalue weighted by molar-refractivity contribution is 6.21. The van der Waals surface area contributed by atoms with Crippen LogP contribution in [-0.4, -0.2) is 24.1 Å². The van der Waals surface area contributed by atoms with Crippen molar-refractivity contribution in [3.05, 3.63) is 147 Å². The van der Waals surface area contributed by atoms with Crippen LogP contribution in [0.2, 0.25) is 0 Å². The first-order valence-electron chi connectivity index (χ1n) is 13.1. The van der Waals surface area contributed by atoms with Gasteiger partial charge in [0.15, 0.2) is 5.82 Å². The molecule has 0 bridgehead atoms. The average molecular weight is 516 g/mol. The van der Waals surface area contributed by atoms with Gasteiger partial charge in [-0.05, 0) is 42.0 Å². The van der Waals surface area contributed by atoms with E-state index in [-0.39, 0.29) is 0 Å². The van der Waals surface area contributed by atoms with Crippen LogP contribution in [-0.2, 0) is 0 Å². The van der Waals surface area contributed by atoms with Crippen LogP contribution in [0.3, 0.4) is 0 Å². The smallest absolute Gasteiger partial charge is 0.159 e. The van der Waals surface area contributed by atoms with Crippen LogP contribution in [0.5, 0.6) is 0 Å². The van der Waals surface area contributed by atoms with Crippen molar-refractivity contribution in [2.75, 3.05) is 0 Å². The Morgan fingerprint density at radius 3 is 2.20 bits per heavy atom. The van der Waals surface area contributed by atoms with E-state index in [1.54, 1.807) is 12.2 Å². The van der Waals surface area contributed by atoms with Gasteiger partial charge in [0.05, 0.1) is 40.1 Å². The molecule has 0 saturated heterocycles. The molecule has 4 heterocycles. The second kappa shape index (κ2) is 9.64. The summed E-state index contributed by atoms with van der Waals surface area (Å²) in [6, 6.07) is 29.4. The molecule has 0 fully saturated rings. The highest BCUT2D eigenvalue weighted by atomic mass is 15.0. The van der Waals surface area contributed by atoms with Crippen molar-refractivity contribution in [3.63, 3.8) is 0 Å². The van der Waals surface area contributed by atoms with E-state index in [9.17, 15) is 0 Å². The van der Waals surface area contributed by atoms with Crippen LogP contribution >= 0.6 is 0 Å². The molecule has 0 aliphatic carbocycles. The van der Waals surface area contributed by atoms with Crippen LogP contribution in [0.15, 0.2) is 141 Å². The molecule has 3 aromatic carbocycles. The molecule has 7 aromatic rings. The molecule has 0 atom stereocenters. The van der Waals surface area contributed by atoms with Gasteiger partial charge in [0.2, 0.25) is 0 Å². The zero-order chi connectivity index (χ0) is 27.1. The predicted molar refractivity (Wildman–Crippen MR) is 165 cm³/mol. The number of benzene rings is 3. The zero-order valence-corrected chi connectivity index (χ0v) is 21.8. The van der Waals surface area contributed by atoms with Crippen molar-refractivity contribution >= 4 is 38.4 Å². The Hall–Kier alpha value is -5.55. The average Bonchev–Trinajstić information content (AvgIpc) is 3.57. The lowest BCUT2D eigenvalue weighted by Crippen LogP contribution is -2.00. The summed E-state index contributed by atoms with van der Waals surface area (Å²) in [6.07, 6.45) is 13.1. The Morgan fingerprint density at radius 1 is 0.725 bits per heavy atom. The second-order valence-electron chi connectivity index (χ2n) is 9.50. The Labute approximate surface area is 231 Å². The van der Waals surface area contributed by atoms with E-state index in [4.69, 9.17) is 15.0 Å². The first-order chi connectivity index (χ1) is 19.8. The molecule has 0 saturated carbocycles. The molecule has 7 rings (SSSR count). The lowest BCUT2D eigenvalue weighted by molar-refractivity contribution is 1.05. The first-order valence-corrected chi connectivity index (χ1v) is 13.1. The number of pyridine rings is 1. The van der Waals surface area contributed by atoms with Crippen LogP contribution in [0, 0.1) is 0 Å². The van der Waals surface area contributed by atoms with Gasteiger partial charge in [0.1, 0.15) is 0 Å². The van der Waals surface area contributed by atoms with Crippen molar-refractivity contribution in [2.45, 2.75) is 0 Å². The van der Waals surface area contributed by atoms with E-state index in [1.807, 2.05) is 42.9 Å². The van der Waals surface area contributed by atoms with E-state index in [2.05, 4.69) is 95.2 Å². The molecule has 0 unspecified atom stereocenters. The lowest BCUT2D eigenvalue weighted by Gasteiger charge is -2.10. The summed E-state index contributed by atoms with van der Waals surface area (Å²) in [5.41, 5.74) is 9.20. The lowest BCUT2D eigenvalue weighted by atomic mass is 10.0. The van der Waals surface area contributed by atoms with Gasteiger partial charge in [-0.1, -0.05) is 79.9 Å².